The zero-order valence-corrected chi connectivity index (χ0v) is 10.8. The van der Waals surface area contributed by atoms with E-state index in [1.54, 1.807) is 6.07 Å². The molecule has 1 aromatic carbocycles. The van der Waals surface area contributed by atoms with Gasteiger partial charge in [0.25, 0.3) is 5.69 Å². The van der Waals surface area contributed by atoms with Gasteiger partial charge in [0.15, 0.2) is 0 Å². The van der Waals surface area contributed by atoms with Crippen molar-refractivity contribution < 1.29 is 9.72 Å². The van der Waals surface area contributed by atoms with E-state index in [0.29, 0.717) is 11.0 Å². The van der Waals surface area contributed by atoms with Crippen molar-refractivity contribution in [3.63, 3.8) is 0 Å². The predicted molar refractivity (Wildman–Crippen MR) is 68.0 cm³/mol. The number of nitrogens with one attached hydrogen (secondary N) is 2. The number of hydrogen-bond donors (Lipinski definition) is 2. The van der Waals surface area contributed by atoms with Crippen LogP contribution in [-0.4, -0.2) is 23.9 Å². The minimum Gasteiger partial charge on any atom is -0.319 e. The third-order valence-electron chi connectivity index (χ3n) is 1.97. The second-order valence-electron chi connectivity index (χ2n) is 3.25. The van der Waals surface area contributed by atoms with Gasteiger partial charge in [-0.1, -0.05) is 22.9 Å². The van der Waals surface area contributed by atoms with Gasteiger partial charge in [-0.3, -0.25) is 14.9 Å². The van der Waals surface area contributed by atoms with Crippen molar-refractivity contribution in [1.29, 1.82) is 0 Å². The first-order valence-electron chi connectivity index (χ1n) is 4.99. The summed E-state index contributed by atoms with van der Waals surface area (Å²) in [6.45, 7) is 2.66. The van der Waals surface area contributed by atoms with Crippen LogP contribution in [0, 0.1) is 10.1 Å². The summed E-state index contributed by atoms with van der Waals surface area (Å²) >= 11 is 3.14. The molecule has 0 aliphatic heterocycles. The lowest BCUT2D eigenvalue weighted by Gasteiger charge is -2.06. The second-order valence-corrected chi connectivity index (χ2v) is 4.16. The van der Waals surface area contributed by atoms with Crippen molar-refractivity contribution >= 4 is 33.2 Å². The van der Waals surface area contributed by atoms with Gasteiger partial charge in [0.2, 0.25) is 5.91 Å². The molecule has 0 heterocycles. The molecule has 0 fully saturated rings. The minimum absolute atomic E-state index is 0.129. The molecule has 1 amide bonds. The molecule has 0 atom stereocenters. The summed E-state index contributed by atoms with van der Waals surface area (Å²) in [7, 11) is 0. The highest BCUT2D eigenvalue weighted by Crippen LogP contribution is 2.27. The number of benzene rings is 1. The lowest BCUT2D eigenvalue weighted by Crippen LogP contribution is -2.27. The summed E-state index contributed by atoms with van der Waals surface area (Å²) in [6, 6.07) is 4.48. The zero-order valence-electron chi connectivity index (χ0n) is 9.20. The van der Waals surface area contributed by atoms with Crippen LogP contribution in [0.1, 0.15) is 6.92 Å². The molecule has 6 nitrogen and oxygen atoms in total. The van der Waals surface area contributed by atoms with Gasteiger partial charge in [-0.15, -0.1) is 0 Å². The number of rotatable bonds is 5. The Kier molecular flexibility index (Phi) is 5.05. The number of nitro benzene ring substituents is 1. The van der Waals surface area contributed by atoms with E-state index in [2.05, 4.69) is 26.6 Å². The number of anilines is 1. The van der Waals surface area contributed by atoms with Gasteiger partial charge in [-0.2, -0.15) is 0 Å². The molecule has 0 aliphatic carbocycles. The first-order valence-corrected chi connectivity index (χ1v) is 5.78. The smallest absolute Gasteiger partial charge is 0.293 e. The van der Waals surface area contributed by atoms with Crippen LogP contribution < -0.4 is 10.6 Å². The van der Waals surface area contributed by atoms with Crippen LogP contribution >= 0.6 is 15.9 Å². The molecule has 2 N–H and O–H groups in total. The van der Waals surface area contributed by atoms with Gasteiger partial charge < -0.3 is 10.6 Å². The standard InChI is InChI=1S/C10H12BrN3O3/c1-2-12-6-10(15)13-8-4-3-7(11)5-9(8)14(16)17/h3-5,12H,2,6H2,1H3,(H,13,15). The highest BCUT2D eigenvalue weighted by molar-refractivity contribution is 9.10. The number of amides is 1. The topological polar surface area (TPSA) is 84.3 Å². The number of hydrogen-bond acceptors (Lipinski definition) is 4. The van der Waals surface area contributed by atoms with Crippen molar-refractivity contribution in [2.45, 2.75) is 6.92 Å². The summed E-state index contributed by atoms with van der Waals surface area (Å²) in [5, 5.41) is 16.1. The highest BCUT2D eigenvalue weighted by atomic mass is 79.9. The number of carbonyl (C=O) groups is 1. The fourth-order valence-corrected chi connectivity index (χ4v) is 1.54. The lowest BCUT2D eigenvalue weighted by atomic mass is 10.2. The summed E-state index contributed by atoms with van der Waals surface area (Å²) in [5.74, 6) is -0.308. The van der Waals surface area contributed by atoms with E-state index in [1.807, 2.05) is 6.92 Å². The van der Waals surface area contributed by atoms with E-state index in [9.17, 15) is 14.9 Å². The molecule has 0 aliphatic rings. The van der Waals surface area contributed by atoms with Crippen molar-refractivity contribution in [3.8, 4) is 0 Å². The van der Waals surface area contributed by atoms with Crippen molar-refractivity contribution in [2.75, 3.05) is 18.4 Å². The molecule has 0 spiro atoms. The van der Waals surface area contributed by atoms with Crippen LogP contribution in [0.25, 0.3) is 0 Å². The van der Waals surface area contributed by atoms with E-state index < -0.39 is 4.92 Å². The van der Waals surface area contributed by atoms with Gasteiger partial charge in [0, 0.05) is 10.5 Å². The Balaban J connectivity index is 2.83. The fraction of sp³-hybridized carbons (Fsp3) is 0.300. The number of nitro groups is 1. The zero-order chi connectivity index (χ0) is 12.8. The molecule has 0 saturated carbocycles. The molecule has 92 valence electrons. The van der Waals surface area contributed by atoms with Crippen LogP contribution in [0.15, 0.2) is 22.7 Å². The SMILES string of the molecule is CCNCC(=O)Nc1ccc(Br)cc1[N+](=O)[O-]. The van der Waals surface area contributed by atoms with Crippen LogP contribution in [-0.2, 0) is 4.79 Å². The molecule has 0 bridgehead atoms. The van der Waals surface area contributed by atoms with Crippen LogP contribution in [0.3, 0.4) is 0 Å². The first kappa shape index (κ1) is 13.6. The van der Waals surface area contributed by atoms with Gasteiger partial charge >= 0.3 is 0 Å². The fourth-order valence-electron chi connectivity index (χ4n) is 1.19. The normalized spacial score (nSPS) is 10.0. The van der Waals surface area contributed by atoms with Crippen molar-refractivity contribution in [1.82, 2.24) is 5.32 Å². The number of carbonyl (C=O) groups excluding carboxylic acids is 1. The Bertz CT molecular complexity index is 437. The van der Waals surface area contributed by atoms with Gasteiger partial charge in [0.1, 0.15) is 5.69 Å². The Morgan fingerprint density at radius 2 is 2.24 bits per heavy atom. The number of likely N-dealkylation sites (N-methyl/N-ethyl adjacent to an activating group) is 1. The molecule has 7 heteroatoms. The Hall–Kier alpha value is -1.47. The molecule has 1 aromatic rings. The van der Waals surface area contributed by atoms with Gasteiger partial charge in [-0.05, 0) is 18.7 Å². The van der Waals surface area contributed by atoms with Crippen molar-refractivity contribution in [2.24, 2.45) is 0 Å². The van der Waals surface area contributed by atoms with E-state index in [-0.39, 0.29) is 23.8 Å². The Morgan fingerprint density at radius 3 is 2.82 bits per heavy atom. The number of nitrogens with zero attached hydrogens (tertiary/aromatic N) is 1. The van der Waals surface area contributed by atoms with Gasteiger partial charge in [-0.25, -0.2) is 0 Å². The molecule has 17 heavy (non-hydrogen) atoms. The maximum atomic E-state index is 11.4. The average Bonchev–Trinajstić information content (AvgIpc) is 2.28. The third-order valence-corrected chi connectivity index (χ3v) is 2.46. The van der Waals surface area contributed by atoms with Gasteiger partial charge in [0.05, 0.1) is 11.5 Å². The van der Waals surface area contributed by atoms with Crippen LogP contribution in [0.4, 0.5) is 11.4 Å². The molecule has 0 aromatic heterocycles. The molecular weight excluding hydrogens is 290 g/mol. The summed E-state index contributed by atoms with van der Waals surface area (Å²) in [5.41, 5.74) is 0.0605. The molecule has 1 rings (SSSR count). The summed E-state index contributed by atoms with van der Waals surface area (Å²) in [6.07, 6.45) is 0. The third kappa shape index (κ3) is 4.12. The van der Waals surface area contributed by atoms with E-state index in [1.165, 1.54) is 12.1 Å². The van der Waals surface area contributed by atoms with Crippen molar-refractivity contribution in [3.05, 3.63) is 32.8 Å². The van der Waals surface area contributed by atoms with E-state index in [4.69, 9.17) is 0 Å². The Labute approximate surface area is 107 Å². The molecule has 0 saturated heterocycles. The van der Waals surface area contributed by atoms with Crippen LogP contribution in [0.2, 0.25) is 0 Å². The summed E-state index contributed by atoms with van der Waals surface area (Å²) in [4.78, 5) is 21.7. The monoisotopic (exact) mass is 301 g/mol. The maximum absolute atomic E-state index is 11.4. The quantitative estimate of drug-likeness (QED) is 0.643. The first-order chi connectivity index (χ1) is 8.04. The molecular formula is C10H12BrN3O3. The molecule has 0 radical (unpaired) electrons. The maximum Gasteiger partial charge on any atom is 0.293 e. The summed E-state index contributed by atoms with van der Waals surface area (Å²) < 4.78 is 0.592. The number of halogens is 1. The highest BCUT2D eigenvalue weighted by Gasteiger charge is 2.15. The second kappa shape index (κ2) is 6.31. The Morgan fingerprint density at radius 1 is 1.53 bits per heavy atom. The van der Waals surface area contributed by atoms with E-state index in [0.717, 1.165) is 0 Å². The van der Waals surface area contributed by atoms with E-state index >= 15 is 0 Å². The van der Waals surface area contributed by atoms with Crippen LogP contribution in [0.5, 0.6) is 0 Å². The minimum atomic E-state index is -0.534. The molecule has 0 unspecified atom stereocenters. The lowest BCUT2D eigenvalue weighted by molar-refractivity contribution is -0.384. The predicted octanol–water partition coefficient (Wildman–Crippen LogP) is 1.91. The average molecular weight is 302 g/mol. The largest absolute Gasteiger partial charge is 0.319 e.